The molecule has 1 aromatic rings. The molecule has 0 aliphatic carbocycles. The van der Waals surface area contributed by atoms with Gasteiger partial charge in [-0.25, -0.2) is 0 Å². The minimum Gasteiger partial charge on any atom is -0.334 e. The summed E-state index contributed by atoms with van der Waals surface area (Å²) in [6.07, 6.45) is 2.40. The lowest BCUT2D eigenvalue weighted by atomic mass is 9.80. The molecule has 1 unspecified atom stereocenters. The van der Waals surface area contributed by atoms with Crippen LogP contribution in [-0.2, 0) is 11.3 Å². The lowest BCUT2D eigenvalue weighted by Crippen LogP contribution is -2.33. The molecule has 1 aromatic heterocycles. The van der Waals surface area contributed by atoms with Crippen molar-refractivity contribution < 1.29 is 4.79 Å². The Bertz CT molecular complexity index is 403. The molecule has 1 atom stereocenters. The molecular weight excluding hydrogens is 254 g/mol. The third-order valence-electron chi connectivity index (χ3n) is 3.59. The first-order chi connectivity index (χ1) is 8.84. The Morgan fingerprint density at radius 2 is 2.21 bits per heavy atom. The van der Waals surface area contributed by atoms with Gasteiger partial charge in [-0.1, -0.05) is 39.8 Å². The van der Waals surface area contributed by atoms with Crippen molar-refractivity contribution in [3.63, 3.8) is 0 Å². The fourth-order valence-electron chi connectivity index (χ4n) is 1.70. The van der Waals surface area contributed by atoms with Crippen LogP contribution in [-0.4, -0.2) is 17.4 Å². The highest BCUT2D eigenvalue weighted by molar-refractivity contribution is 7.09. The van der Waals surface area contributed by atoms with Crippen LogP contribution < -0.4 is 0 Å². The summed E-state index contributed by atoms with van der Waals surface area (Å²) < 4.78 is 0. The van der Waals surface area contributed by atoms with Crippen molar-refractivity contribution in [3.05, 3.63) is 35.0 Å². The maximum absolute atomic E-state index is 12.4. The molecule has 1 amide bonds. The van der Waals surface area contributed by atoms with Crippen LogP contribution >= 0.6 is 11.3 Å². The lowest BCUT2D eigenvalue weighted by Gasteiger charge is -2.29. The van der Waals surface area contributed by atoms with Crippen molar-refractivity contribution in [2.75, 3.05) is 6.54 Å². The first-order valence-electron chi connectivity index (χ1n) is 6.75. The van der Waals surface area contributed by atoms with Gasteiger partial charge < -0.3 is 4.90 Å². The van der Waals surface area contributed by atoms with Crippen LogP contribution in [0, 0.1) is 11.3 Å². The minimum absolute atomic E-state index is 0.165. The predicted molar refractivity (Wildman–Crippen MR) is 83.2 cm³/mol. The summed E-state index contributed by atoms with van der Waals surface area (Å²) in [5.41, 5.74) is 0.165. The van der Waals surface area contributed by atoms with Crippen LogP contribution in [0.3, 0.4) is 0 Å². The zero-order valence-electron chi connectivity index (χ0n) is 12.5. The van der Waals surface area contributed by atoms with E-state index >= 15 is 0 Å². The summed E-state index contributed by atoms with van der Waals surface area (Å²) in [6, 6.07) is 4.09. The van der Waals surface area contributed by atoms with E-state index in [4.69, 9.17) is 0 Å². The van der Waals surface area contributed by atoms with Crippen LogP contribution in [0.25, 0.3) is 0 Å². The molecule has 0 aromatic carbocycles. The van der Waals surface area contributed by atoms with Crippen molar-refractivity contribution >= 4 is 17.2 Å². The quantitative estimate of drug-likeness (QED) is 0.710. The standard InChI is InChI=1S/C16H25NOS/c1-6-9-17(12-14-8-7-10-19-14)15(18)11-13(2)16(3,4)5/h6-8,10,13H,1,9,11-12H2,2-5H3. The smallest absolute Gasteiger partial charge is 0.223 e. The van der Waals surface area contributed by atoms with Gasteiger partial charge in [0.2, 0.25) is 5.91 Å². The van der Waals surface area contributed by atoms with Gasteiger partial charge in [-0.05, 0) is 22.8 Å². The number of nitrogens with zero attached hydrogens (tertiary/aromatic N) is 1. The summed E-state index contributed by atoms with van der Waals surface area (Å²) in [7, 11) is 0. The van der Waals surface area contributed by atoms with E-state index in [1.165, 1.54) is 4.88 Å². The second-order valence-corrected chi connectivity index (χ2v) is 7.15. The first kappa shape index (κ1) is 16.0. The normalized spacial score (nSPS) is 13.1. The molecule has 0 N–H and O–H groups in total. The molecule has 0 fully saturated rings. The largest absolute Gasteiger partial charge is 0.334 e. The fourth-order valence-corrected chi connectivity index (χ4v) is 2.42. The summed E-state index contributed by atoms with van der Waals surface area (Å²) in [5, 5.41) is 2.05. The summed E-state index contributed by atoms with van der Waals surface area (Å²) in [5.74, 6) is 0.589. The molecule has 0 spiro atoms. The summed E-state index contributed by atoms with van der Waals surface area (Å²) in [4.78, 5) is 15.5. The van der Waals surface area contributed by atoms with Gasteiger partial charge in [-0.15, -0.1) is 17.9 Å². The molecule has 0 aliphatic rings. The van der Waals surface area contributed by atoms with E-state index in [9.17, 15) is 4.79 Å². The average Bonchev–Trinajstić information content (AvgIpc) is 2.79. The van der Waals surface area contributed by atoms with E-state index in [-0.39, 0.29) is 11.3 Å². The number of carbonyl (C=O) groups is 1. The van der Waals surface area contributed by atoms with Gasteiger partial charge in [0.1, 0.15) is 0 Å². The average molecular weight is 279 g/mol. The van der Waals surface area contributed by atoms with Crippen molar-refractivity contribution in [1.29, 1.82) is 0 Å². The number of carbonyl (C=O) groups excluding carboxylic acids is 1. The monoisotopic (exact) mass is 279 g/mol. The van der Waals surface area contributed by atoms with Crippen molar-refractivity contribution in [2.24, 2.45) is 11.3 Å². The first-order valence-corrected chi connectivity index (χ1v) is 7.63. The Balaban J connectivity index is 2.65. The number of thiophene rings is 1. The van der Waals surface area contributed by atoms with Gasteiger partial charge in [0.25, 0.3) is 0 Å². The van der Waals surface area contributed by atoms with Gasteiger partial charge >= 0.3 is 0 Å². The van der Waals surface area contributed by atoms with Crippen LogP contribution in [0.15, 0.2) is 30.2 Å². The molecule has 0 radical (unpaired) electrons. The molecule has 1 heterocycles. The molecule has 1 rings (SSSR count). The second-order valence-electron chi connectivity index (χ2n) is 6.11. The Kier molecular flexibility index (Phi) is 5.80. The Hall–Kier alpha value is -1.09. The number of hydrogen-bond donors (Lipinski definition) is 0. The Morgan fingerprint density at radius 3 is 2.68 bits per heavy atom. The van der Waals surface area contributed by atoms with E-state index in [2.05, 4.69) is 40.3 Å². The molecule has 0 saturated heterocycles. The van der Waals surface area contributed by atoms with Gasteiger partial charge in [0.15, 0.2) is 0 Å². The molecule has 19 heavy (non-hydrogen) atoms. The van der Waals surface area contributed by atoms with Gasteiger partial charge in [-0.2, -0.15) is 0 Å². The number of rotatable bonds is 6. The second kappa shape index (κ2) is 6.90. The van der Waals surface area contributed by atoms with E-state index in [1.54, 1.807) is 17.4 Å². The van der Waals surface area contributed by atoms with Crippen molar-refractivity contribution in [3.8, 4) is 0 Å². The molecule has 0 saturated carbocycles. The Morgan fingerprint density at radius 1 is 1.53 bits per heavy atom. The highest BCUT2D eigenvalue weighted by Gasteiger charge is 2.24. The van der Waals surface area contributed by atoms with E-state index in [1.807, 2.05) is 16.3 Å². The maximum atomic E-state index is 12.4. The van der Waals surface area contributed by atoms with Crippen molar-refractivity contribution in [1.82, 2.24) is 4.90 Å². The van der Waals surface area contributed by atoms with Gasteiger partial charge in [-0.3, -0.25) is 4.79 Å². The fraction of sp³-hybridized carbons (Fsp3) is 0.562. The molecule has 0 aliphatic heterocycles. The number of hydrogen-bond acceptors (Lipinski definition) is 2. The zero-order valence-corrected chi connectivity index (χ0v) is 13.3. The SMILES string of the molecule is C=CCN(Cc1cccs1)C(=O)CC(C)C(C)(C)C. The van der Waals surface area contributed by atoms with Crippen molar-refractivity contribution in [2.45, 2.75) is 40.7 Å². The zero-order chi connectivity index (χ0) is 14.5. The van der Waals surface area contributed by atoms with Crippen LogP contribution in [0.4, 0.5) is 0 Å². The summed E-state index contributed by atoms with van der Waals surface area (Å²) in [6.45, 7) is 13.8. The van der Waals surface area contributed by atoms with Crippen LogP contribution in [0.1, 0.15) is 39.0 Å². The highest BCUT2D eigenvalue weighted by atomic mass is 32.1. The topological polar surface area (TPSA) is 20.3 Å². The van der Waals surface area contributed by atoms with E-state index in [0.29, 0.717) is 25.4 Å². The third kappa shape index (κ3) is 5.19. The molecular formula is C16H25NOS. The number of amides is 1. The minimum atomic E-state index is 0.165. The third-order valence-corrected chi connectivity index (χ3v) is 4.45. The van der Waals surface area contributed by atoms with E-state index < -0.39 is 0 Å². The molecule has 0 bridgehead atoms. The van der Waals surface area contributed by atoms with Gasteiger partial charge in [0.05, 0.1) is 6.54 Å². The molecule has 2 nitrogen and oxygen atoms in total. The summed E-state index contributed by atoms with van der Waals surface area (Å²) >= 11 is 1.69. The highest BCUT2D eigenvalue weighted by Crippen LogP contribution is 2.28. The van der Waals surface area contributed by atoms with E-state index in [0.717, 1.165) is 0 Å². The van der Waals surface area contributed by atoms with Crippen LogP contribution in [0.2, 0.25) is 0 Å². The van der Waals surface area contributed by atoms with Gasteiger partial charge in [0, 0.05) is 17.8 Å². The molecule has 3 heteroatoms. The predicted octanol–water partition coefficient (Wildman–Crippen LogP) is 4.34. The maximum Gasteiger partial charge on any atom is 0.223 e. The van der Waals surface area contributed by atoms with Crippen LogP contribution in [0.5, 0.6) is 0 Å². The Labute approximate surface area is 121 Å². The lowest BCUT2D eigenvalue weighted by molar-refractivity contribution is -0.133. The molecule has 106 valence electrons.